The van der Waals surface area contributed by atoms with Gasteiger partial charge in [0, 0.05) is 19.2 Å². The Bertz CT molecular complexity index is 904. The van der Waals surface area contributed by atoms with Gasteiger partial charge in [0.15, 0.2) is 0 Å². The number of methoxy groups -OCH3 is 1. The highest BCUT2D eigenvalue weighted by atomic mass is 16.5. The Morgan fingerprint density at radius 3 is 2.71 bits per heavy atom. The third-order valence-electron chi connectivity index (χ3n) is 5.14. The Balaban J connectivity index is 1.66. The number of hydrogen-bond acceptors (Lipinski definition) is 3. The van der Waals surface area contributed by atoms with E-state index in [0.717, 1.165) is 28.7 Å². The van der Waals surface area contributed by atoms with E-state index in [2.05, 4.69) is 17.4 Å². The van der Waals surface area contributed by atoms with Crippen LogP contribution in [-0.2, 0) is 22.5 Å². The summed E-state index contributed by atoms with van der Waals surface area (Å²) in [6, 6.07) is 14.0. The molecule has 1 aliphatic rings. The van der Waals surface area contributed by atoms with Crippen LogP contribution >= 0.6 is 0 Å². The van der Waals surface area contributed by atoms with Crippen LogP contribution in [0.15, 0.2) is 48.5 Å². The van der Waals surface area contributed by atoms with Crippen LogP contribution in [0.1, 0.15) is 40.8 Å². The van der Waals surface area contributed by atoms with Gasteiger partial charge in [0.25, 0.3) is 0 Å². The van der Waals surface area contributed by atoms with Gasteiger partial charge >= 0.3 is 6.09 Å². The second-order valence-corrected chi connectivity index (χ2v) is 7.09. The molecule has 0 aromatic heterocycles. The molecule has 0 saturated heterocycles. The molecule has 28 heavy (non-hydrogen) atoms. The van der Waals surface area contributed by atoms with E-state index in [1.807, 2.05) is 50.3 Å². The number of carbonyl (C=O) groups excluding carboxylic acids is 2. The van der Waals surface area contributed by atoms with Crippen LogP contribution in [0.25, 0.3) is 6.08 Å². The SMILES string of the molecule is COC(=O)N1CCc2ccc(C(C)NC(=O)C=Cc3ccccc3C)cc2C1. The summed E-state index contributed by atoms with van der Waals surface area (Å²) in [5, 5.41) is 3.01. The van der Waals surface area contributed by atoms with Crippen LogP contribution in [-0.4, -0.2) is 30.6 Å². The molecule has 1 aliphatic heterocycles. The molecule has 146 valence electrons. The molecule has 1 N–H and O–H groups in total. The van der Waals surface area contributed by atoms with E-state index in [9.17, 15) is 9.59 Å². The molecule has 5 heteroatoms. The van der Waals surface area contributed by atoms with Crippen molar-refractivity contribution in [1.29, 1.82) is 0 Å². The lowest BCUT2D eigenvalue weighted by Crippen LogP contribution is -2.36. The van der Waals surface area contributed by atoms with Crippen LogP contribution in [0, 0.1) is 6.92 Å². The van der Waals surface area contributed by atoms with Gasteiger partial charge in [-0.1, -0.05) is 42.5 Å². The summed E-state index contributed by atoms with van der Waals surface area (Å²) in [5.74, 6) is -0.135. The minimum absolute atomic E-state index is 0.132. The molecule has 0 bridgehead atoms. The van der Waals surface area contributed by atoms with Crippen molar-refractivity contribution < 1.29 is 14.3 Å². The number of hydrogen-bond donors (Lipinski definition) is 1. The Hall–Kier alpha value is -3.08. The zero-order valence-electron chi connectivity index (χ0n) is 16.6. The highest BCUT2D eigenvalue weighted by Gasteiger charge is 2.22. The van der Waals surface area contributed by atoms with Gasteiger partial charge in [0.1, 0.15) is 0 Å². The van der Waals surface area contributed by atoms with Crippen LogP contribution in [0.4, 0.5) is 4.79 Å². The van der Waals surface area contributed by atoms with Gasteiger partial charge in [-0.15, -0.1) is 0 Å². The predicted molar refractivity (Wildman–Crippen MR) is 110 cm³/mol. The van der Waals surface area contributed by atoms with Crippen molar-refractivity contribution in [2.45, 2.75) is 32.9 Å². The average Bonchev–Trinajstić information content (AvgIpc) is 2.71. The number of nitrogens with one attached hydrogen (secondary N) is 1. The molecule has 0 radical (unpaired) electrons. The van der Waals surface area contributed by atoms with Gasteiger partial charge < -0.3 is 15.0 Å². The molecule has 2 aromatic carbocycles. The maximum absolute atomic E-state index is 12.3. The first kappa shape index (κ1) is 19.7. The van der Waals surface area contributed by atoms with Crippen molar-refractivity contribution >= 4 is 18.1 Å². The second kappa shape index (κ2) is 8.74. The minimum atomic E-state index is -0.307. The molecule has 1 atom stereocenters. The van der Waals surface area contributed by atoms with E-state index in [-0.39, 0.29) is 18.0 Å². The lowest BCUT2D eigenvalue weighted by atomic mass is 9.95. The van der Waals surface area contributed by atoms with Gasteiger partial charge in [-0.3, -0.25) is 4.79 Å². The lowest BCUT2D eigenvalue weighted by Gasteiger charge is -2.28. The summed E-state index contributed by atoms with van der Waals surface area (Å²) in [7, 11) is 1.40. The van der Waals surface area contributed by atoms with Crippen molar-refractivity contribution in [3.63, 3.8) is 0 Å². The second-order valence-electron chi connectivity index (χ2n) is 7.09. The van der Waals surface area contributed by atoms with E-state index in [1.54, 1.807) is 11.0 Å². The zero-order chi connectivity index (χ0) is 20.1. The first-order valence-electron chi connectivity index (χ1n) is 9.46. The van der Waals surface area contributed by atoms with Crippen molar-refractivity contribution in [3.05, 3.63) is 76.4 Å². The van der Waals surface area contributed by atoms with E-state index in [4.69, 9.17) is 4.74 Å². The van der Waals surface area contributed by atoms with Crippen LogP contribution in [0.5, 0.6) is 0 Å². The molecule has 1 unspecified atom stereocenters. The minimum Gasteiger partial charge on any atom is -0.453 e. The van der Waals surface area contributed by atoms with Crippen LogP contribution in [0.3, 0.4) is 0 Å². The molecule has 2 amide bonds. The molecule has 3 rings (SSSR count). The quantitative estimate of drug-likeness (QED) is 0.818. The van der Waals surface area contributed by atoms with E-state index in [0.29, 0.717) is 13.1 Å². The van der Waals surface area contributed by atoms with Gasteiger partial charge in [0.2, 0.25) is 5.91 Å². The average molecular weight is 378 g/mol. The van der Waals surface area contributed by atoms with Crippen molar-refractivity contribution in [1.82, 2.24) is 10.2 Å². The van der Waals surface area contributed by atoms with Crippen molar-refractivity contribution in [3.8, 4) is 0 Å². The largest absolute Gasteiger partial charge is 0.453 e. The topological polar surface area (TPSA) is 58.6 Å². The van der Waals surface area contributed by atoms with Gasteiger partial charge in [-0.2, -0.15) is 0 Å². The van der Waals surface area contributed by atoms with E-state index >= 15 is 0 Å². The Morgan fingerprint density at radius 2 is 1.96 bits per heavy atom. The van der Waals surface area contributed by atoms with Crippen molar-refractivity contribution in [2.24, 2.45) is 0 Å². The third kappa shape index (κ3) is 4.60. The number of amides is 2. The maximum Gasteiger partial charge on any atom is 0.409 e. The highest BCUT2D eigenvalue weighted by Crippen LogP contribution is 2.24. The van der Waals surface area contributed by atoms with Crippen molar-refractivity contribution in [2.75, 3.05) is 13.7 Å². The maximum atomic E-state index is 12.3. The van der Waals surface area contributed by atoms with Crippen LogP contribution < -0.4 is 5.32 Å². The summed E-state index contributed by atoms with van der Waals surface area (Å²) < 4.78 is 4.83. The molecular formula is C23H26N2O3. The van der Waals surface area contributed by atoms with Gasteiger partial charge in [-0.25, -0.2) is 4.79 Å². The monoisotopic (exact) mass is 378 g/mol. The summed E-state index contributed by atoms with van der Waals surface area (Å²) in [6.07, 6.45) is 3.90. The zero-order valence-corrected chi connectivity index (χ0v) is 16.6. The van der Waals surface area contributed by atoms with Crippen LogP contribution in [0.2, 0.25) is 0 Å². The summed E-state index contributed by atoms with van der Waals surface area (Å²) in [5.41, 5.74) is 5.52. The van der Waals surface area contributed by atoms with Gasteiger partial charge in [0.05, 0.1) is 13.2 Å². The standard InChI is InChI=1S/C23H26N2O3/c1-16-6-4-5-7-18(16)10-11-22(26)24-17(2)20-9-8-19-12-13-25(23(27)28-3)15-21(19)14-20/h4-11,14,17H,12-13,15H2,1-3H3,(H,24,26). The first-order valence-corrected chi connectivity index (χ1v) is 9.46. The number of rotatable bonds is 4. The molecule has 0 spiro atoms. The molecule has 0 aliphatic carbocycles. The summed E-state index contributed by atoms with van der Waals surface area (Å²) in [4.78, 5) is 25.8. The Morgan fingerprint density at radius 1 is 1.18 bits per heavy atom. The smallest absolute Gasteiger partial charge is 0.409 e. The molecule has 0 fully saturated rings. The number of aryl methyl sites for hydroxylation is 1. The fourth-order valence-electron chi connectivity index (χ4n) is 3.42. The molecule has 0 saturated carbocycles. The number of ether oxygens (including phenoxy) is 1. The number of carbonyl (C=O) groups is 2. The van der Waals surface area contributed by atoms with E-state index in [1.165, 1.54) is 12.7 Å². The van der Waals surface area contributed by atoms with Gasteiger partial charge in [-0.05, 0) is 54.2 Å². The molecule has 1 heterocycles. The highest BCUT2D eigenvalue weighted by molar-refractivity contribution is 5.92. The third-order valence-corrected chi connectivity index (χ3v) is 5.14. The summed E-state index contributed by atoms with van der Waals surface area (Å²) >= 11 is 0. The fourth-order valence-corrected chi connectivity index (χ4v) is 3.42. The number of nitrogens with zero attached hydrogens (tertiary/aromatic N) is 1. The Kier molecular flexibility index (Phi) is 6.14. The normalized spacial score (nSPS) is 14.5. The summed E-state index contributed by atoms with van der Waals surface area (Å²) in [6.45, 7) is 5.17. The Labute approximate surface area is 166 Å². The molecular weight excluding hydrogens is 352 g/mol. The fraction of sp³-hybridized carbons (Fsp3) is 0.304. The predicted octanol–water partition coefficient (Wildman–Crippen LogP) is 4.01. The van der Waals surface area contributed by atoms with E-state index < -0.39 is 0 Å². The lowest BCUT2D eigenvalue weighted by molar-refractivity contribution is -0.117. The molecule has 2 aromatic rings. The first-order chi connectivity index (χ1) is 13.5. The number of fused-ring (bicyclic) bond motifs is 1. The number of benzene rings is 2. The molecule has 5 nitrogen and oxygen atoms in total.